The number of rotatable bonds is 9. The van der Waals surface area contributed by atoms with Gasteiger partial charge in [-0.15, -0.1) is 0 Å². The summed E-state index contributed by atoms with van der Waals surface area (Å²) < 4.78 is 4.87. The molecule has 0 radical (unpaired) electrons. The number of ether oxygens (including phenoxy) is 1. The molecular weight excluding hydrogens is 222 g/mol. The molecule has 0 aromatic rings. The van der Waals surface area contributed by atoms with Gasteiger partial charge in [-0.1, -0.05) is 13.8 Å². The molecule has 5 nitrogen and oxygen atoms in total. The lowest BCUT2D eigenvalue weighted by Gasteiger charge is -2.16. The highest BCUT2D eigenvalue weighted by molar-refractivity contribution is 5.83. The number of hydrogen-bond donors (Lipinski definition) is 2. The number of amides is 1. The number of hydrogen-bond acceptors (Lipinski definition) is 3. The van der Waals surface area contributed by atoms with Crippen molar-refractivity contribution in [3.05, 3.63) is 0 Å². The van der Waals surface area contributed by atoms with Crippen molar-refractivity contribution < 1.29 is 19.4 Å². The van der Waals surface area contributed by atoms with E-state index in [4.69, 9.17) is 9.84 Å². The van der Waals surface area contributed by atoms with Crippen molar-refractivity contribution in [2.24, 2.45) is 5.92 Å². The van der Waals surface area contributed by atoms with Crippen LogP contribution < -0.4 is 5.32 Å². The van der Waals surface area contributed by atoms with Crippen molar-refractivity contribution in [1.29, 1.82) is 0 Å². The van der Waals surface area contributed by atoms with E-state index < -0.39 is 12.0 Å². The van der Waals surface area contributed by atoms with Gasteiger partial charge in [0.2, 0.25) is 5.91 Å². The van der Waals surface area contributed by atoms with Crippen LogP contribution in [0.4, 0.5) is 0 Å². The SMILES string of the molecule is COCCCCC(=O)NC(CC(C)C)C(=O)O. The fourth-order valence-electron chi connectivity index (χ4n) is 1.49. The number of unbranched alkanes of at least 4 members (excludes halogenated alkanes) is 1. The minimum absolute atomic E-state index is 0.200. The zero-order valence-corrected chi connectivity index (χ0v) is 10.9. The van der Waals surface area contributed by atoms with E-state index in [1.54, 1.807) is 7.11 Å². The first-order chi connectivity index (χ1) is 7.97. The van der Waals surface area contributed by atoms with Gasteiger partial charge in [-0.3, -0.25) is 4.79 Å². The number of carboxylic acid groups (broad SMARTS) is 1. The number of aliphatic carboxylic acids is 1. The monoisotopic (exact) mass is 245 g/mol. The molecule has 0 aromatic heterocycles. The second kappa shape index (κ2) is 8.98. The summed E-state index contributed by atoms with van der Waals surface area (Å²) in [6, 6.07) is -0.773. The van der Waals surface area contributed by atoms with E-state index in [1.165, 1.54) is 0 Å². The Morgan fingerprint density at radius 1 is 1.29 bits per heavy atom. The zero-order chi connectivity index (χ0) is 13.3. The maximum atomic E-state index is 11.5. The Hall–Kier alpha value is -1.10. The number of carbonyl (C=O) groups excluding carboxylic acids is 1. The molecule has 0 aromatic carbocycles. The van der Waals surface area contributed by atoms with Gasteiger partial charge >= 0.3 is 5.97 Å². The fraction of sp³-hybridized carbons (Fsp3) is 0.833. The largest absolute Gasteiger partial charge is 0.480 e. The molecule has 2 N–H and O–H groups in total. The highest BCUT2D eigenvalue weighted by Crippen LogP contribution is 2.06. The van der Waals surface area contributed by atoms with Crippen molar-refractivity contribution in [3.63, 3.8) is 0 Å². The molecular formula is C12H23NO4. The van der Waals surface area contributed by atoms with Gasteiger partial charge in [0.05, 0.1) is 0 Å². The maximum absolute atomic E-state index is 11.5. The van der Waals surface area contributed by atoms with E-state index in [2.05, 4.69) is 5.32 Å². The third kappa shape index (κ3) is 8.68. The smallest absolute Gasteiger partial charge is 0.326 e. The van der Waals surface area contributed by atoms with E-state index in [1.807, 2.05) is 13.8 Å². The van der Waals surface area contributed by atoms with Crippen molar-refractivity contribution in [2.75, 3.05) is 13.7 Å². The maximum Gasteiger partial charge on any atom is 0.326 e. The Kier molecular flexibility index (Phi) is 8.40. The average molecular weight is 245 g/mol. The van der Waals surface area contributed by atoms with Gasteiger partial charge in [-0.2, -0.15) is 0 Å². The van der Waals surface area contributed by atoms with Gasteiger partial charge in [0.25, 0.3) is 0 Å². The zero-order valence-electron chi connectivity index (χ0n) is 10.9. The van der Waals surface area contributed by atoms with Gasteiger partial charge in [-0.25, -0.2) is 4.79 Å². The van der Waals surface area contributed by atoms with Crippen LogP contribution in [0.3, 0.4) is 0 Å². The molecule has 0 aliphatic carbocycles. The van der Waals surface area contributed by atoms with Crippen LogP contribution in [0.15, 0.2) is 0 Å². The molecule has 1 atom stereocenters. The number of methoxy groups -OCH3 is 1. The third-order valence-electron chi connectivity index (χ3n) is 2.34. The lowest BCUT2D eigenvalue weighted by Crippen LogP contribution is -2.41. The van der Waals surface area contributed by atoms with Crippen LogP contribution in [-0.4, -0.2) is 36.7 Å². The molecule has 0 fully saturated rings. The molecule has 0 spiro atoms. The molecule has 100 valence electrons. The van der Waals surface area contributed by atoms with E-state index in [0.717, 1.165) is 6.42 Å². The lowest BCUT2D eigenvalue weighted by atomic mass is 10.0. The number of carbonyl (C=O) groups is 2. The summed E-state index contributed by atoms with van der Waals surface area (Å²) >= 11 is 0. The fourth-order valence-corrected chi connectivity index (χ4v) is 1.49. The quantitative estimate of drug-likeness (QED) is 0.602. The molecule has 5 heteroatoms. The summed E-state index contributed by atoms with van der Waals surface area (Å²) in [6.07, 6.45) is 2.34. The summed E-state index contributed by atoms with van der Waals surface area (Å²) in [4.78, 5) is 22.4. The van der Waals surface area contributed by atoms with Crippen LogP contribution in [0.25, 0.3) is 0 Å². The lowest BCUT2D eigenvalue weighted by molar-refractivity contribution is -0.142. The Balaban J connectivity index is 3.91. The third-order valence-corrected chi connectivity index (χ3v) is 2.34. The van der Waals surface area contributed by atoms with Gasteiger partial charge in [0, 0.05) is 20.1 Å². The molecule has 0 saturated carbocycles. The van der Waals surface area contributed by atoms with Crippen LogP contribution in [0.5, 0.6) is 0 Å². The van der Waals surface area contributed by atoms with E-state index in [9.17, 15) is 9.59 Å². The van der Waals surface area contributed by atoms with E-state index in [-0.39, 0.29) is 11.8 Å². The Morgan fingerprint density at radius 2 is 1.94 bits per heavy atom. The molecule has 0 bridgehead atoms. The van der Waals surface area contributed by atoms with Crippen LogP contribution in [0.1, 0.15) is 39.5 Å². The molecule has 0 heterocycles. The van der Waals surface area contributed by atoms with E-state index >= 15 is 0 Å². The van der Waals surface area contributed by atoms with Crippen molar-refractivity contribution >= 4 is 11.9 Å². The molecule has 0 rings (SSSR count). The standard InChI is InChI=1S/C12H23NO4/c1-9(2)8-10(12(15)16)13-11(14)6-4-5-7-17-3/h9-10H,4-8H2,1-3H3,(H,13,14)(H,15,16). The van der Waals surface area contributed by atoms with Gasteiger partial charge in [-0.05, 0) is 25.2 Å². The predicted octanol–water partition coefficient (Wildman–Crippen LogP) is 1.42. The summed E-state index contributed by atoms with van der Waals surface area (Å²) in [6.45, 7) is 4.49. The topological polar surface area (TPSA) is 75.6 Å². The van der Waals surface area contributed by atoms with Crippen LogP contribution in [-0.2, 0) is 14.3 Å². The molecule has 17 heavy (non-hydrogen) atoms. The second-order valence-electron chi connectivity index (χ2n) is 4.54. The molecule has 0 aliphatic heterocycles. The highest BCUT2D eigenvalue weighted by atomic mass is 16.5. The first kappa shape index (κ1) is 15.9. The normalized spacial score (nSPS) is 12.5. The van der Waals surface area contributed by atoms with Crippen LogP contribution in [0.2, 0.25) is 0 Å². The summed E-state index contributed by atoms with van der Waals surface area (Å²) in [7, 11) is 1.61. The Bertz CT molecular complexity index is 241. The molecule has 0 saturated heterocycles. The van der Waals surface area contributed by atoms with Gasteiger partial charge in [0.15, 0.2) is 0 Å². The Labute approximate surface area is 103 Å². The summed E-state index contributed by atoms with van der Waals surface area (Å²) in [5, 5.41) is 11.5. The predicted molar refractivity (Wildman–Crippen MR) is 64.7 cm³/mol. The van der Waals surface area contributed by atoms with Crippen molar-refractivity contribution in [3.8, 4) is 0 Å². The first-order valence-corrected chi connectivity index (χ1v) is 5.98. The number of carboxylic acids is 1. The second-order valence-corrected chi connectivity index (χ2v) is 4.54. The van der Waals surface area contributed by atoms with Crippen LogP contribution in [0, 0.1) is 5.92 Å². The Morgan fingerprint density at radius 3 is 2.41 bits per heavy atom. The minimum Gasteiger partial charge on any atom is -0.480 e. The first-order valence-electron chi connectivity index (χ1n) is 5.98. The highest BCUT2D eigenvalue weighted by Gasteiger charge is 2.20. The van der Waals surface area contributed by atoms with Gasteiger partial charge in [0.1, 0.15) is 6.04 Å². The molecule has 1 amide bonds. The molecule has 1 unspecified atom stereocenters. The minimum atomic E-state index is -0.969. The van der Waals surface area contributed by atoms with Crippen LogP contribution >= 0.6 is 0 Å². The van der Waals surface area contributed by atoms with Gasteiger partial charge < -0.3 is 15.2 Å². The summed E-state index contributed by atoms with van der Waals surface area (Å²) in [5.41, 5.74) is 0. The van der Waals surface area contributed by atoms with Crippen molar-refractivity contribution in [2.45, 2.75) is 45.6 Å². The average Bonchev–Trinajstić information content (AvgIpc) is 2.22. The summed E-state index contributed by atoms with van der Waals surface area (Å²) in [5.74, 6) is -0.928. The van der Waals surface area contributed by atoms with E-state index in [0.29, 0.717) is 25.9 Å². The number of nitrogens with one attached hydrogen (secondary N) is 1. The molecule has 0 aliphatic rings. The van der Waals surface area contributed by atoms with Crippen molar-refractivity contribution in [1.82, 2.24) is 5.32 Å².